The second kappa shape index (κ2) is 7.67. The molecule has 0 bridgehead atoms. The van der Waals surface area contributed by atoms with Gasteiger partial charge in [0.1, 0.15) is 17.6 Å². The summed E-state index contributed by atoms with van der Waals surface area (Å²) in [5, 5.41) is 5.62. The first kappa shape index (κ1) is 16.8. The Bertz CT molecular complexity index is 826. The van der Waals surface area contributed by atoms with E-state index < -0.39 is 0 Å². The summed E-state index contributed by atoms with van der Waals surface area (Å²) >= 11 is 0. The minimum atomic E-state index is -0.377. The highest BCUT2D eigenvalue weighted by atomic mass is 16.5. The number of aryl methyl sites for hydroxylation is 1. The summed E-state index contributed by atoms with van der Waals surface area (Å²) in [6.45, 7) is 2.13. The van der Waals surface area contributed by atoms with Gasteiger partial charge < -0.3 is 24.2 Å². The topological polar surface area (TPSA) is 89.5 Å². The number of furan rings is 1. The summed E-state index contributed by atoms with van der Waals surface area (Å²) in [5.41, 5.74) is 1.41. The van der Waals surface area contributed by atoms with Gasteiger partial charge in [0.25, 0.3) is 0 Å². The van der Waals surface area contributed by atoms with E-state index in [9.17, 15) is 4.79 Å². The highest BCUT2D eigenvalue weighted by Gasteiger charge is 2.17. The highest BCUT2D eigenvalue weighted by molar-refractivity contribution is 5.90. The molecule has 0 aliphatic carbocycles. The molecule has 0 unspecified atom stereocenters. The lowest BCUT2D eigenvalue weighted by atomic mass is 10.2. The Hall–Kier alpha value is -3.06. The van der Waals surface area contributed by atoms with Crippen molar-refractivity contribution in [3.8, 4) is 11.5 Å². The maximum atomic E-state index is 12.3. The second-order valence-corrected chi connectivity index (χ2v) is 5.48. The summed E-state index contributed by atoms with van der Waals surface area (Å²) in [4.78, 5) is 16.5. The maximum Gasteiger partial charge on any atom is 0.319 e. The Balaban J connectivity index is 1.68. The van der Waals surface area contributed by atoms with Crippen LogP contribution in [0.2, 0.25) is 0 Å². The number of urea groups is 1. The minimum Gasteiger partial charge on any atom is -0.467 e. The van der Waals surface area contributed by atoms with E-state index in [1.807, 2.05) is 19.1 Å². The summed E-state index contributed by atoms with van der Waals surface area (Å²) < 4.78 is 16.0. The van der Waals surface area contributed by atoms with Gasteiger partial charge in [0.15, 0.2) is 0 Å². The number of ether oxygens (including phenoxy) is 1. The van der Waals surface area contributed by atoms with Crippen molar-refractivity contribution in [1.82, 2.24) is 10.3 Å². The first-order valence-corrected chi connectivity index (χ1v) is 7.78. The molecule has 7 nitrogen and oxygen atoms in total. The molecular formula is C18H19N3O4. The molecular weight excluding hydrogens is 322 g/mol. The van der Waals surface area contributed by atoms with E-state index in [0.717, 1.165) is 11.3 Å². The standard InChI is InChI=1S/C18H19N3O4/c1-12-10-19-17(25-12)13-5-3-6-14(9-13)20-18(22)21-15(11-23-2)16-7-4-8-24-16/h3-10,15H,11H2,1-2H3,(H2,20,21,22)/t15-/m1/s1. The van der Waals surface area contributed by atoms with Gasteiger partial charge in [-0.05, 0) is 37.3 Å². The predicted octanol–water partition coefficient (Wildman–Crippen LogP) is 3.75. The van der Waals surface area contributed by atoms with Crippen LogP contribution in [0.1, 0.15) is 17.6 Å². The van der Waals surface area contributed by atoms with Crippen LogP contribution >= 0.6 is 0 Å². The van der Waals surface area contributed by atoms with Gasteiger partial charge in [-0.2, -0.15) is 0 Å². The van der Waals surface area contributed by atoms with Crippen molar-refractivity contribution < 1.29 is 18.4 Å². The molecule has 0 fully saturated rings. The van der Waals surface area contributed by atoms with E-state index in [2.05, 4.69) is 15.6 Å². The molecule has 2 aromatic heterocycles. The summed E-state index contributed by atoms with van der Waals surface area (Å²) in [6, 6.07) is 10.1. The van der Waals surface area contributed by atoms with Crippen molar-refractivity contribution in [2.45, 2.75) is 13.0 Å². The number of aromatic nitrogens is 1. The zero-order chi connectivity index (χ0) is 17.6. The van der Waals surface area contributed by atoms with Crippen LogP contribution in [0.4, 0.5) is 10.5 Å². The largest absolute Gasteiger partial charge is 0.467 e. The summed E-state index contributed by atoms with van der Waals surface area (Å²) in [7, 11) is 1.57. The molecule has 3 aromatic rings. The van der Waals surface area contributed by atoms with Crippen molar-refractivity contribution >= 4 is 11.7 Å². The second-order valence-electron chi connectivity index (χ2n) is 5.48. The zero-order valence-corrected chi connectivity index (χ0v) is 14.0. The lowest BCUT2D eigenvalue weighted by Gasteiger charge is -2.16. The van der Waals surface area contributed by atoms with E-state index in [-0.39, 0.29) is 12.1 Å². The average molecular weight is 341 g/mol. The van der Waals surface area contributed by atoms with Gasteiger partial charge >= 0.3 is 6.03 Å². The molecule has 2 heterocycles. The van der Waals surface area contributed by atoms with Crippen LogP contribution in [-0.2, 0) is 4.74 Å². The molecule has 0 saturated heterocycles. The van der Waals surface area contributed by atoms with Crippen LogP contribution in [0.15, 0.2) is 57.7 Å². The molecule has 2 amide bonds. The van der Waals surface area contributed by atoms with E-state index in [1.54, 1.807) is 43.8 Å². The van der Waals surface area contributed by atoms with Crippen molar-refractivity contribution in [2.75, 3.05) is 19.0 Å². The number of oxazole rings is 1. The highest BCUT2D eigenvalue weighted by Crippen LogP contribution is 2.22. The Kier molecular flexibility index (Phi) is 5.15. The lowest BCUT2D eigenvalue weighted by Crippen LogP contribution is -2.34. The van der Waals surface area contributed by atoms with Crippen LogP contribution in [-0.4, -0.2) is 24.7 Å². The van der Waals surface area contributed by atoms with Crippen LogP contribution in [0.5, 0.6) is 0 Å². The van der Waals surface area contributed by atoms with Crippen molar-refractivity contribution in [3.05, 3.63) is 60.4 Å². The van der Waals surface area contributed by atoms with Gasteiger partial charge in [0.2, 0.25) is 5.89 Å². The Morgan fingerprint density at radius 1 is 1.32 bits per heavy atom. The van der Waals surface area contributed by atoms with E-state index in [0.29, 0.717) is 23.9 Å². The molecule has 130 valence electrons. The quantitative estimate of drug-likeness (QED) is 0.712. The van der Waals surface area contributed by atoms with Crippen molar-refractivity contribution in [2.24, 2.45) is 0 Å². The third kappa shape index (κ3) is 4.27. The van der Waals surface area contributed by atoms with Gasteiger partial charge in [-0.25, -0.2) is 9.78 Å². The number of hydrogen-bond acceptors (Lipinski definition) is 5. The minimum absolute atomic E-state index is 0.302. The van der Waals surface area contributed by atoms with Crippen molar-refractivity contribution in [3.63, 3.8) is 0 Å². The van der Waals surface area contributed by atoms with Crippen LogP contribution in [0.3, 0.4) is 0 Å². The summed E-state index contributed by atoms with van der Waals surface area (Å²) in [6.07, 6.45) is 3.21. The smallest absolute Gasteiger partial charge is 0.319 e. The Morgan fingerprint density at radius 3 is 2.88 bits per heavy atom. The normalized spacial score (nSPS) is 11.9. The van der Waals surface area contributed by atoms with Crippen LogP contribution in [0.25, 0.3) is 11.5 Å². The fourth-order valence-electron chi connectivity index (χ4n) is 2.39. The number of methoxy groups -OCH3 is 1. The number of hydrogen-bond donors (Lipinski definition) is 2. The zero-order valence-electron chi connectivity index (χ0n) is 14.0. The number of nitrogens with one attached hydrogen (secondary N) is 2. The first-order valence-electron chi connectivity index (χ1n) is 7.78. The first-order chi connectivity index (χ1) is 12.2. The van der Waals surface area contributed by atoms with Gasteiger partial charge in [0, 0.05) is 18.4 Å². The molecule has 0 spiro atoms. The maximum absolute atomic E-state index is 12.3. The molecule has 0 aliphatic heterocycles. The predicted molar refractivity (Wildman–Crippen MR) is 92.2 cm³/mol. The van der Waals surface area contributed by atoms with Crippen LogP contribution < -0.4 is 10.6 Å². The fraction of sp³-hybridized carbons (Fsp3) is 0.222. The number of carbonyl (C=O) groups excluding carboxylic acids is 1. The lowest BCUT2D eigenvalue weighted by molar-refractivity contribution is 0.159. The third-order valence-corrected chi connectivity index (χ3v) is 3.51. The number of anilines is 1. The SMILES string of the molecule is COC[C@@H](NC(=O)Nc1cccc(-c2ncc(C)o2)c1)c1ccco1. The molecule has 0 radical (unpaired) electrons. The van der Waals surface area contributed by atoms with Gasteiger partial charge in [-0.3, -0.25) is 0 Å². The van der Waals surface area contributed by atoms with E-state index in [1.165, 1.54) is 0 Å². The van der Waals surface area contributed by atoms with Crippen LogP contribution in [0, 0.1) is 6.92 Å². The molecule has 0 aliphatic rings. The number of carbonyl (C=O) groups is 1. The molecule has 2 N–H and O–H groups in total. The molecule has 7 heteroatoms. The molecule has 1 aromatic carbocycles. The number of nitrogens with zero attached hydrogens (tertiary/aromatic N) is 1. The number of amides is 2. The molecule has 3 rings (SSSR count). The average Bonchev–Trinajstić information content (AvgIpc) is 3.26. The third-order valence-electron chi connectivity index (χ3n) is 3.51. The number of benzene rings is 1. The molecule has 0 saturated carbocycles. The summed E-state index contributed by atoms with van der Waals surface area (Å²) in [5.74, 6) is 1.86. The fourth-order valence-corrected chi connectivity index (χ4v) is 2.39. The molecule has 1 atom stereocenters. The monoisotopic (exact) mass is 341 g/mol. The van der Waals surface area contributed by atoms with Gasteiger partial charge in [-0.15, -0.1) is 0 Å². The van der Waals surface area contributed by atoms with E-state index >= 15 is 0 Å². The van der Waals surface area contributed by atoms with Gasteiger partial charge in [0.05, 0.1) is 19.1 Å². The Morgan fingerprint density at radius 2 is 2.20 bits per heavy atom. The number of rotatable bonds is 6. The molecule has 25 heavy (non-hydrogen) atoms. The Labute approximate surface area is 145 Å². The van der Waals surface area contributed by atoms with Gasteiger partial charge in [-0.1, -0.05) is 6.07 Å². The van der Waals surface area contributed by atoms with Crippen molar-refractivity contribution in [1.29, 1.82) is 0 Å². The van der Waals surface area contributed by atoms with E-state index in [4.69, 9.17) is 13.6 Å².